The number of hydrogen-bond acceptors (Lipinski definition) is 5. The zero-order valence-electron chi connectivity index (χ0n) is 16.9. The van der Waals surface area contributed by atoms with Crippen LogP contribution in [-0.2, 0) is 26.0 Å². The molecule has 2 amide bonds. The minimum Gasteiger partial charge on any atom is -0.444 e. The number of hydrogen-bond donors (Lipinski definition) is 0. The largest absolute Gasteiger partial charge is 0.444 e. The average Bonchev–Trinajstić information content (AvgIpc) is 2.57. The SMILES string of the molecule is CC(C)(C)OC(=O)N1CCN(CCS(C)(=O)=O)C(=O)[C@@H]1c1cc(I)cc(CF)c1. The van der Waals surface area contributed by atoms with Crippen molar-refractivity contribution in [1.29, 1.82) is 0 Å². The molecule has 0 radical (unpaired) electrons. The summed E-state index contributed by atoms with van der Waals surface area (Å²) in [6.45, 7) is 4.92. The molecule has 0 bridgehead atoms. The Hall–Kier alpha value is -1.43. The molecule has 0 N–H and O–H groups in total. The molecule has 7 nitrogen and oxygen atoms in total. The highest BCUT2D eigenvalue weighted by Gasteiger charge is 2.40. The molecule has 0 saturated carbocycles. The van der Waals surface area contributed by atoms with E-state index in [9.17, 15) is 22.4 Å². The molecule has 1 saturated heterocycles. The lowest BCUT2D eigenvalue weighted by molar-refractivity contribution is -0.141. The van der Waals surface area contributed by atoms with Crippen LogP contribution in [0.1, 0.15) is 37.9 Å². The second-order valence-electron chi connectivity index (χ2n) is 8.06. The van der Waals surface area contributed by atoms with Crippen molar-refractivity contribution in [3.05, 3.63) is 32.9 Å². The van der Waals surface area contributed by atoms with Crippen molar-refractivity contribution < 1.29 is 27.1 Å². The van der Waals surface area contributed by atoms with Gasteiger partial charge in [0.2, 0.25) is 5.91 Å². The van der Waals surface area contributed by atoms with E-state index in [-0.39, 0.29) is 25.4 Å². The normalized spacial score (nSPS) is 18.1. The molecule has 0 aliphatic carbocycles. The van der Waals surface area contributed by atoms with Crippen LogP contribution in [0.15, 0.2) is 18.2 Å². The zero-order valence-corrected chi connectivity index (χ0v) is 19.9. The van der Waals surface area contributed by atoms with Crippen molar-refractivity contribution in [1.82, 2.24) is 9.80 Å². The Morgan fingerprint density at radius 2 is 1.93 bits per heavy atom. The monoisotopic (exact) mass is 540 g/mol. The fraction of sp³-hybridized carbons (Fsp3) is 0.579. The van der Waals surface area contributed by atoms with E-state index in [1.165, 1.54) is 9.80 Å². The van der Waals surface area contributed by atoms with Crippen molar-refractivity contribution in [2.75, 3.05) is 31.6 Å². The Bertz CT molecular complexity index is 885. The molecule has 1 aromatic rings. The van der Waals surface area contributed by atoms with Crippen LogP contribution in [0.2, 0.25) is 0 Å². The van der Waals surface area contributed by atoms with Crippen LogP contribution < -0.4 is 0 Å². The second kappa shape index (κ2) is 9.15. The highest BCUT2D eigenvalue weighted by atomic mass is 127. The first-order valence-electron chi connectivity index (χ1n) is 9.12. The van der Waals surface area contributed by atoms with Crippen LogP contribution in [0.5, 0.6) is 0 Å². The highest BCUT2D eigenvalue weighted by Crippen LogP contribution is 2.30. The van der Waals surface area contributed by atoms with Crippen molar-refractivity contribution in [2.24, 2.45) is 0 Å². The number of sulfone groups is 1. The van der Waals surface area contributed by atoms with E-state index in [1.807, 2.05) is 22.6 Å². The van der Waals surface area contributed by atoms with Gasteiger partial charge < -0.3 is 9.64 Å². The molecule has 29 heavy (non-hydrogen) atoms. The third-order valence-electron chi connectivity index (χ3n) is 4.28. The first-order chi connectivity index (χ1) is 13.3. The van der Waals surface area contributed by atoms with Gasteiger partial charge in [-0.05, 0) is 66.6 Å². The van der Waals surface area contributed by atoms with Crippen LogP contribution in [0, 0.1) is 3.57 Å². The molecule has 0 spiro atoms. The van der Waals surface area contributed by atoms with Crippen molar-refractivity contribution in [3.63, 3.8) is 0 Å². The lowest BCUT2D eigenvalue weighted by Gasteiger charge is -2.41. The molecule has 1 aliphatic rings. The standard InChI is InChI=1S/C19H26FIN2O5S/c1-19(2,3)28-18(25)23-6-5-22(7-8-29(4,26)27)17(24)16(23)14-9-13(12-20)10-15(21)11-14/h9-11,16H,5-8,12H2,1-4H3/t16-/m0/s1. The Morgan fingerprint density at radius 1 is 1.28 bits per heavy atom. The molecule has 0 unspecified atom stereocenters. The maximum atomic E-state index is 13.3. The summed E-state index contributed by atoms with van der Waals surface area (Å²) in [5.41, 5.74) is 0.134. The van der Waals surface area contributed by atoms with Gasteiger partial charge in [-0.1, -0.05) is 6.07 Å². The summed E-state index contributed by atoms with van der Waals surface area (Å²) in [6.07, 6.45) is 0.471. The van der Waals surface area contributed by atoms with Gasteiger partial charge in [0, 0.05) is 29.5 Å². The molecule has 1 fully saturated rings. The average molecular weight is 540 g/mol. The van der Waals surface area contributed by atoms with Crippen LogP contribution in [0.4, 0.5) is 9.18 Å². The van der Waals surface area contributed by atoms with Gasteiger partial charge in [-0.2, -0.15) is 0 Å². The molecule has 1 aliphatic heterocycles. The molecule has 1 heterocycles. The number of ether oxygens (including phenoxy) is 1. The number of alkyl halides is 1. The van der Waals surface area contributed by atoms with Gasteiger partial charge in [0.15, 0.2) is 0 Å². The Morgan fingerprint density at radius 3 is 2.48 bits per heavy atom. The summed E-state index contributed by atoms with van der Waals surface area (Å²) < 4.78 is 42.5. The van der Waals surface area contributed by atoms with E-state index < -0.39 is 40.2 Å². The van der Waals surface area contributed by atoms with Crippen LogP contribution in [0.3, 0.4) is 0 Å². The van der Waals surface area contributed by atoms with Gasteiger partial charge in [0.25, 0.3) is 0 Å². The summed E-state index contributed by atoms with van der Waals surface area (Å²) in [6, 6.07) is 3.94. The molecule has 1 atom stereocenters. The zero-order chi connectivity index (χ0) is 22.0. The van der Waals surface area contributed by atoms with E-state index in [4.69, 9.17) is 4.74 Å². The van der Waals surface area contributed by atoms with Crippen molar-refractivity contribution in [3.8, 4) is 0 Å². The third-order valence-corrected chi connectivity index (χ3v) is 5.82. The number of carbonyl (C=O) groups excluding carboxylic acids is 2. The third kappa shape index (κ3) is 6.80. The van der Waals surface area contributed by atoms with Crippen LogP contribution in [-0.4, -0.2) is 67.5 Å². The maximum Gasteiger partial charge on any atom is 0.411 e. The first-order valence-corrected chi connectivity index (χ1v) is 12.3. The summed E-state index contributed by atoms with van der Waals surface area (Å²) in [5, 5.41) is 0. The number of rotatable bonds is 5. The Kier molecular flexibility index (Phi) is 7.52. The summed E-state index contributed by atoms with van der Waals surface area (Å²) in [4.78, 5) is 28.8. The summed E-state index contributed by atoms with van der Waals surface area (Å²) in [5.74, 6) is -0.572. The summed E-state index contributed by atoms with van der Waals surface area (Å²) >= 11 is 2.03. The quantitative estimate of drug-likeness (QED) is 0.537. The van der Waals surface area contributed by atoms with Crippen LogP contribution >= 0.6 is 22.6 Å². The van der Waals surface area contributed by atoms with Gasteiger partial charge in [0.1, 0.15) is 28.2 Å². The lowest BCUT2D eigenvalue weighted by atomic mass is 9.99. The molecule has 162 valence electrons. The lowest BCUT2D eigenvalue weighted by Crippen LogP contribution is -2.55. The molecular weight excluding hydrogens is 514 g/mol. The van der Waals surface area contributed by atoms with Gasteiger partial charge >= 0.3 is 6.09 Å². The number of carbonyl (C=O) groups is 2. The van der Waals surface area contributed by atoms with E-state index in [1.54, 1.807) is 39.0 Å². The molecular formula is C19H26FIN2O5S. The van der Waals surface area contributed by atoms with E-state index in [0.29, 0.717) is 11.1 Å². The van der Waals surface area contributed by atoms with Crippen molar-refractivity contribution in [2.45, 2.75) is 39.1 Å². The summed E-state index contributed by atoms with van der Waals surface area (Å²) in [7, 11) is -3.25. The van der Waals surface area contributed by atoms with Crippen LogP contribution in [0.25, 0.3) is 0 Å². The predicted octanol–water partition coefficient (Wildman–Crippen LogP) is 2.93. The molecule has 2 rings (SSSR count). The molecule has 10 heteroatoms. The number of nitrogens with zero attached hydrogens (tertiary/aromatic N) is 2. The van der Waals surface area contributed by atoms with Gasteiger partial charge in [-0.3, -0.25) is 9.69 Å². The second-order valence-corrected chi connectivity index (χ2v) is 11.6. The minimum absolute atomic E-state index is 0.0379. The van der Waals surface area contributed by atoms with E-state index >= 15 is 0 Å². The van der Waals surface area contributed by atoms with Crippen molar-refractivity contribution >= 4 is 44.4 Å². The smallest absolute Gasteiger partial charge is 0.411 e. The van der Waals surface area contributed by atoms with Gasteiger partial charge in [0.05, 0.1) is 5.75 Å². The maximum absolute atomic E-state index is 13.3. The highest BCUT2D eigenvalue weighted by molar-refractivity contribution is 14.1. The number of halogens is 2. The van der Waals surface area contributed by atoms with Gasteiger partial charge in [-0.25, -0.2) is 17.6 Å². The fourth-order valence-electron chi connectivity index (χ4n) is 3.02. The fourth-order valence-corrected chi connectivity index (χ4v) is 4.33. The minimum atomic E-state index is -3.25. The first kappa shape index (κ1) is 23.8. The molecule has 1 aromatic carbocycles. The predicted molar refractivity (Wildman–Crippen MR) is 116 cm³/mol. The van der Waals surface area contributed by atoms with E-state index in [2.05, 4.69) is 0 Å². The Labute approximate surface area is 184 Å². The number of amides is 2. The molecule has 0 aromatic heterocycles. The van der Waals surface area contributed by atoms with E-state index in [0.717, 1.165) is 9.83 Å². The number of piperazine rings is 1. The number of benzene rings is 1. The Balaban J connectivity index is 2.41. The topological polar surface area (TPSA) is 84.0 Å². The van der Waals surface area contributed by atoms with Gasteiger partial charge in [-0.15, -0.1) is 0 Å².